The summed E-state index contributed by atoms with van der Waals surface area (Å²) in [6.07, 6.45) is 0. The van der Waals surface area contributed by atoms with Crippen molar-refractivity contribution in [3.8, 4) is 44.5 Å². The van der Waals surface area contributed by atoms with E-state index in [2.05, 4.69) is 259 Å². The number of aryl methyl sites for hydroxylation is 3. The molecular weight excluding hydrogens is 797 g/mol. The van der Waals surface area contributed by atoms with Crippen LogP contribution in [0.1, 0.15) is 72.2 Å². The molecule has 0 N–H and O–H groups in total. The second kappa shape index (κ2) is 15.6. The number of hydrogen-bond donors (Lipinski definition) is 0. The van der Waals surface area contributed by atoms with Crippen LogP contribution in [0.15, 0.2) is 194 Å². The van der Waals surface area contributed by atoms with E-state index in [1.807, 2.05) is 0 Å². The van der Waals surface area contributed by atoms with Gasteiger partial charge in [0.25, 0.3) is 0 Å². The van der Waals surface area contributed by atoms with Crippen LogP contribution < -0.4 is 9.80 Å². The molecule has 0 bridgehead atoms. The minimum absolute atomic E-state index is 0.218. The van der Waals surface area contributed by atoms with Crippen molar-refractivity contribution in [2.24, 2.45) is 0 Å². The first-order valence-electron chi connectivity index (χ1n) is 23.4. The summed E-state index contributed by atoms with van der Waals surface area (Å²) in [6, 6.07) is 71.8. The molecule has 0 aliphatic heterocycles. The van der Waals surface area contributed by atoms with Crippen molar-refractivity contribution < 1.29 is 0 Å². The van der Waals surface area contributed by atoms with E-state index in [0.29, 0.717) is 0 Å². The Labute approximate surface area is 391 Å². The van der Waals surface area contributed by atoms with Crippen molar-refractivity contribution in [2.75, 3.05) is 9.80 Å². The van der Waals surface area contributed by atoms with Gasteiger partial charge in [-0.1, -0.05) is 143 Å². The molecule has 2 heteroatoms. The molecule has 66 heavy (non-hydrogen) atoms. The van der Waals surface area contributed by atoms with Gasteiger partial charge in [-0.3, -0.25) is 0 Å². The summed E-state index contributed by atoms with van der Waals surface area (Å²) in [4.78, 5) is 4.86. The highest BCUT2D eigenvalue weighted by molar-refractivity contribution is 5.95. The van der Waals surface area contributed by atoms with E-state index in [1.165, 1.54) is 100 Å². The summed E-state index contributed by atoms with van der Waals surface area (Å²) in [5, 5.41) is 0. The van der Waals surface area contributed by atoms with Gasteiger partial charge >= 0.3 is 0 Å². The smallest absolute Gasteiger partial charge is 0.0467 e. The number of fused-ring (bicyclic) bond motifs is 6. The summed E-state index contributed by atoms with van der Waals surface area (Å²) in [7, 11) is 0. The average molecular weight is 853 g/mol. The maximum Gasteiger partial charge on any atom is 0.0467 e. The molecule has 322 valence electrons. The highest BCUT2D eigenvalue weighted by Gasteiger charge is 2.44. The molecule has 0 aromatic heterocycles. The summed E-state index contributed by atoms with van der Waals surface area (Å²) >= 11 is 0. The monoisotopic (exact) mass is 852 g/mol. The molecule has 2 nitrogen and oxygen atoms in total. The first-order valence-corrected chi connectivity index (χ1v) is 23.4. The maximum absolute atomic E-state index is 2.57. The Morgan fingerprint density at radius 2 is 0.773 bits per heavy atom. The van der Waals surface area contributed by atoms with Gasteiger partial charge in [0.05, 0.1) is 0 Å². The molecule has 0 saturated heterocycles. The van der Waals surface area contributed by atoms with Gasteiger partial charge < -0.3 is 9.80 Å². The molecule has 0 atom stereocenters. The fourth-order valence-corrected chi connectivity index (χ4v) is 11.4. The fraction of sp³-hybridized carbons (Fsp3) is 0.156. The normalized spacial score (nSPS) is 13.7. The molecule has 0 heterocycles. The van der Waals surface area contributed by atoms with E-state index in [-0.39, 0.29) is 10.8 Å². The van der Waals surface area contributed by atoms with Gasteiger partial charge in [-0.05, 0) is 196 Å². The van der Waals surface area contributed by atoms with E-state index in [4.69, 9.17) is 0 Å². The zero-order valence-corrected chi connectivity index (χ0v) is 39.4. The Hall–Kier alpha value is -7.42. The summed E-state index contributed by atoms with van der Waals surface area (Å²) in [6.45, 7) is 18.8. The van der Waals surface area contributed by atoms with Gasteiger partial charge in [0.15, 0.2) is 0 Å². The van der Waals surface area contributed by atoms with Gasteiger partial charge in [0.1, 0.15) is 0 Å². The Morgan fingerprint density at radius 3 is 1.30 bits per heavy atom. The molecule has 2 aliphatic carbocycles. The van der Waals surface area contributed by atoms with Gasteiger partial charge in [-0.25, -0.2) is 0 Å². The predicted molar refractivity (Wildman–Crippen MR) is 281 cm³/mol. The van der Waals surface area contributed by atoms with Crippen LogP contribution in [0.3, 0.4) is 0 Å². The number of hydrogen-bond acceptors (Lipinski definition) is 2. The molecule has 11 rings (SSSR count). The van der Waals surface area contributed by atoms with Crippen molar-refractivity contribution in [2.45, 2.75) is 66.2 Å². The van der Waals surface area contributed by atoms with E-state index < -0.39 is 0 Å². The Kier molecular flexibility index (Phi) is 9.78. The van der Waals surface area contributed by atoms with Crippen molar-refractivity contribution in [3.63, 3.8) is 0 Å². The second-order valence-corrected chi connectivity index (χ2v) is 19.7. The van der Waals surface area contributed by atoms with Crippen LogP contribution in [0.4, 0.5) is 34.1 Å². The average Bonchev–Trinajstić information content (AvgIpc) is 3.70. The van der Waals surface area contributed by atoms with Crippen molar-refractivity contribution in [1.29, 1.82) is 0 Å². The standard InChI is InChI=1S/C64H56N2/c1-41-17-15-23-51(35-41)65(49-29-25-47(26-30-49)45-19-11-9-12-20-45)53-33-34-55-57(38-53)63(5,6)59-40-56-60-43(3)37-54(39-58(60)64(7,8)62(56)44(4)61(55)59)66(52-24-16-18-42(2)36-52)50-31-27-48(28-32-50)46-21-13-10-14-22-46/h9-40H,1-8H3. The third kappa shape index (κ3) is 6.69. The molecule has 0 amide bonds. The first-order chi connectivity index (χ1) is 31.9. The van der Waals surface area contributed by atoms with Crippen LogP contribution >= 0.6 is 0 Å². The minimum Gasteiger partial charge on any atom is -0.310 e. The van der Waals surface area contributed by atoms with Crippen LogP contribution in [-0.4, -0.2) is 0 Å². The molecule has 0 spiro atoms. The van der Waals surface area contributed by atoms with Gasteiger partial charge in [-0.15, -0.1) is 0 Å². The quantitative estimate of drug-likeness (QED) is 0.150. The number of benzene rings is 9. The van der Waals surface area contributed by atoms with Crippen molar-refractivity contribution >= 4 is 34.1 Å². The van der Waals surface area contributed by atoms with E-state index >= 15 is 0 Å². The molecule has 9 aromatic rings. The number of rotatable bonds is 8. The number of anilines is 6. The molecule has 9 aromatic carbocycles. The van der Waals surface area contributed by atoms with Gasteiger partial charge in [0, 0.05) is 45.0 Å². The van der Waals surface area contributed by atoms with Crippen LogP contribution in [0.25, 0.3) is 44.5 Å². The Balaban J connectivity index is 1.01. The number of nitrogens with zero attached hydrogens (tertiary/aromatic N) is 2. The van der Waals surface area contributed by atoms with Crippen LogP contribution in [0, 0.1) is 27.7 Å². The first kappa shape index (κ1) is 41.3. The second-order valence-electron chi connectivity index (χ2n) is 19.7. The van der Waals surface area contributed by atoms with Crippen LogP contribution in [0.5, 0.6) is 0 Å². The highest BCUT2D eigenvalue weighted by Crippen LogP contribution is 2.60. The molecule has 0 fully saturated rings. The van der Waals surface area contributed by atoms with Gasteiger partial charge in [-0.2, -0.15) is 0 Å². The Morgan fingerprint density at radius 1 is 0.318 bits per heavy atom. The third-order valence-electron chi connectivity index (χ3n) is 14.6. The molecule has 2 aliphatic rings. The zero-order chi connectivity index (χ0) is 45.5. The fourth-order valence-electron chi connectivity index (χ4n) is 11.4. The van der Waals surface area contributed by atoms with E-state index in [0.717, 1.165) is 22.7 Å². The van der Waals surface area contributed by atoms with E-state index in [9.17, 15) is 0 Å². The summed E-state index contributed by atoms with van der Waals surface area (Å²) in [5.41, 5.74) is 27.7. The lowest BCUT2D eigenvalue weighted by molar-refractivity contribution is 0.648. The topological polar surface area (TPSA) is 6.48 Å². The van der Waals surface area contributed by atoms with Crippen molar-refractivity contribution in [1.82, 2.24) is 0 Å². The SMILES string of the molecule is Cc1cccc(N(c2ccc(-c3ccccc3)cc2)c2ccc3c(c2)C(C)(C)c2cc4c(c(C)c2-3)C(C)(C)c2cc(N(c3ccc(-c5ccccc5)cc3)c3cccc(C)c3)cc(C)c2-4)c1. The predicted octanol–water partition coefficient (Wildman–Crippen LogP) is 17.8. The molecular formula is C64H56N2. The summed E-state index contributed by atoms with van der Waals surface area (Å²) in [5.74, 6) is 0. The van der Waals surface area contributed by atoms with Gasteiger partial charge in [0.2, 0.25) is 0 Å². The van der Waals surface area contributed by atoms with Crippen LogP contribution in [0.2, 0.25) is 0 Å². The maximum atomic E-state index is 2.57. The lowest BCUT2D eigenvalue weighted by Crippen LogP contribution is -2.19. The minimum atomic E-state index is -0.222. The van der Waals surface area contributed by atoms with E-state index in [1.54, 1.807) is 0 Å². The highest BCUT2D eigenvalue weighted by atomic mass is 15.1. The molecule has 0 saturated carbocycles. The molecule has 0 radical (unpaired) electrons. The zero-order valence-electron chi connectivity index (χ0n) is 39.4. The lowest BCUT2D eigenvalue weighted by Gasteiger charge is -2.29. The summed E-state index contributed by atoms with van der Waals surface area (Å²) < 4.78 is 0. The van der Waals surface area contributed by atoms with Crippen molar-refractivity contribution in [3.05, 3.63) is 239 Å². The molecule has 0 unspecified atom stereocenters. The largest absolute Gasteiger partial charge is 0.310 e. The van der Waals surface area contributed by atoms with Crippen LogP contribution in [-0.2, 0) is 10.8 Å². The Bertz CT molecular complexity index is 3320. The third-order valence-corrected chi connectivity index (χ3v) is 14.6. The lowest BCUT2D eigenvalue weighted by atomic mass is 9.76.